The van der Waals surface area contributed by atoms with Crippen molar-refractivity contribution in [3.05, 3.63) is 71.2 Å². The number of para-hydroxylation sites is 1. The van der Waals surface area contributed by atoms with Gasteiger partial charge in [-0.15, -0.1) is 0 Å². The lowest BCUT2D eigenvalue weighted by atomic mass is 9.94. The molecule has 0 aliphatic carbocycles. The van der Waals surface area contributed by atoms with Crippen LogP contribution in [0.25, 0.3) is 0 Å². The van der Waals surface area contributed by atoms with E-state index in [9.17, 15) is 14.0 Å². The van der Waals surface area contributed by atoms with E-state index in [2.05, 4.69) is 15.5 Å². The number of carbonyl (C=O) groups is 2. The molecule has 2 aromatic carbocycles. The van der Waals surface area contributed by atoms with Crippen LogP contribution in [0.4, 0.5) is 14.9 Å². The Kier molecular flexibility index (Phi) is 7.87. The maximum absolute atomic E-state index is 14.2. The number of esters is 1. The number of hydrogen-bond donors (Lipinski definition) is 2. The highest BCUT2D eigenvalue weighted by Gasteiger charge is 2.34. The molecule has 9 heteroatoms. The third-order valence-corrected chi connectivity index (χ3v) is 6.12. The number of halogens is 1. The van der Waals surface area contributed by atoms with Crippen molar-refractivity contribution in [1.29, 1.82) is 0 Å². The highest BCUT2D eigenvalue weighted by atomic mass is 19.1. The molecule has 186 valence electrons. The van der Waals surface area contributed by atoms with E-state index in [0.717, 1.165) is 5.56 Å². The molecule has 1 fully saturated rings. The number of nitrogens with zero attached hydrogens (tertiary/aromatic N) is 2. The minimum absolute atomic E-state index is 0.223. The topological polar surface area (TPSA) is 83.1 Å². The van der Waals surface area contributed by atoms with Crippen molar-refractivity contribution in [3.8, 4) is 5.75 Å². The van der Waals surface area contributed by atoms with E-state index >= 15 is 0 Å². The van der Waals surface area contributed by atoms with E-state index in [0.29, 0.717) is 62.0 Å². The Labute approximate surface area is 204 Å². The zero-order chi connectivity index (χ0) is 24.8. The number of hydrogen-bond acceptors (Lipinski definition) is 6. The summed E-state index contributed by atoms with van der Waals surface area (Å²) in [5.74, 6) is 0.00192. The second-order valence-corrected chi connectivity index (χ2v) is 8.36. The van der Waals surface area contributed by atoms with E-state index in [1.165, 1.54) is 6.07 Å². The van der Waals surface area contributed by atoms with Crippen LogP contribution in [-0.4, -0.2) is 62.8 Å². The summed E-state index contributed by atoms with van der Waals surface area (Å²) in [4.78, 5) is 29.7. The molecular formula is C26H31FN4O4. The Morgan fingerprint density at radius 3 is 2.40 bits per heavy atom. The summed E-state index contributed by atoms with van der Waals surface area (Å²) in [7, 11) is 0. The van der Waals surface area contributed by atoms with Crippen molar-refractivity contribution in [1.82, 2.24) is 15.5 Å². The van der Waals surface area contributed by atoms with Crippen molar-refractivity contribution >= 4 is 17.7 Å². The van der Waals surface area contributed by atoms with Gasteiger partial charge in [0.15, 0.2) is 0 Å². The molecule has 0 saturated carbocycles. The van der Waals surface area contributed by atoms with Gasteiger partial charge in [-0.1, -0.05) is 24.3 Å². The molecule has 35 heavy (non-hydrogen) atoms. The normalized spacial score (nSPS) is 18.7. The molecule has 0 radical (unpaired) electrons. The van der Waals surface area contributed by atoms with E-state index < -0.39 is 12.0 Å². The maximum atomic E-state index is 14.2. The van der Waals surface area contributed by atoms with Crippen molar-refractivity contribution in [3.63, 3.8) is 0 Å². The van der Waals surface area contributed by atoms with Gasteiger partial charge in [0.05, 0.1) is 30.5 Å². The van der Waals surface area contributed by atoms with Gasteiger partial charge in [-0.2, -0.15) is 0 Å². The quantitative estimate of drug-likeness (QED) is 0.563. The Morgan fingerprint density at radius 2 is 1.74 bits per heavy atom. The summed E-state index contributed by atoms with van der Waals surface area (Å²) in [5.41, 5.74) is 2.25. The summed E-state index contributed by atoms with van der Waals surface area (Å²) in [6.07, 6.45) is 0. The van der Waals surface area contributed by atoms with Crippen molar-refractivity contribution in [2.45, 2.75) is 19.9 Å². The van der Waals surface area contributed by atoms with Gasteiger partial charge in [0.2, 0.25) is 0 Å². The largest absolute Gasteiger partial charge is 0.494 e. The first-order valence-electron chi connectivity index (χ1n) is 11.9. The minimum Gasteiger partial charge on any atom is -0.494 e. The molecule has 8 nitrogen and oxygen atoms in total. The predicted octanol–water partition coefficient (Wildman–Crippen LogP) is 3.22. The molecule has 2 aromatic rings. The average molecular weight is 483 g/mol. The summed E-state index contributed by atoms with van der Waals surface area (Å²) >= 11 is 0. The van der Waals surface area contributed by atoms with Crippen LogP contribution in [0.15, 0.2) is 59.8 Å². The lowest BCUT2D eigenvalue weighted by molar-refractivity contribution is -0.139. The first kappa shape index (κ1) is 24.5. The van der Waals surface area contributed by atoms with Crippen molar-refractivity contribution < 1.29 is 23.5 Å². The van der Waals surface area contributed by atoms with Gasteiger partial charge in [-0.25, -0.2) is 14.0 Å². The number of benzene rings is 2. The van der Waals surface area contributed by atoms with Crippen molar-refractivity contribution in [2.75, 3.05) is 50.8 Å². The zero-order valence-corrected chi connectivity index (χ0v) is 20.1. The Morgan fingerprint density at radius 1 is 1.03 bits per heavy atom. The molecule has 0 bridgehead atoms. The van der Waals surface area contributed by atoms with Gasteiger partial charge < -0.3 is 25.0 Å². The Balaban J connectivity index is 1.55. The highest BCUT2D eigenvalue weighted by Crippen LogP contribution is 2.30. The number of urea groups is 1. The summed E-state index contributed by atoms with van der Waals surface area (Å²) in [6, 6.07) is 13.0. The predicted molar refractivity (Wildman–Crippen MR) is 131 cm³/mol. The van der Waals surface area contributed by atoms with Crippen LogP contribution in [0, 0.1) is 5.82 Å². The van der Waals surface area contributed by atoms with Crippen LogP contribution in [0.1, 0.15) is 25.5 Å². The van der Waals surface area contributed by atoms with Crippen LogP contribution < -0.4 is 20.3 Å². The van der Waals surface area contributed by atoms with E-state index in [-0.39, 0.29) is 18.5 Å². The van der Waals surface area contributed by atoms with Crippen LogP contribution >= 0.6 is 0 Å². The third-order valence-electron chi connectivity index (χ3n) is 6.12. The monoisotopic (exact) mass is 482 g/mol. The fourth-order valence-corrected chi connectivity index (χ4v) is 4.44. The fraction of sp³-hybridized carbons (Fsp3) is 0.385. The molecule has 2 aliphatic rings. The Bertz CT molecular complexity index is 1080. The molecule has 0 spiro atoms. The first-order valence-corrected chi connectivity index (χ1v) is 11.9. The van der Waals surface area contributed by atoms with Gasteiger partial charge in [0.1, 0.15) is 11.6 Å². The zero-order valence-electron chi connectivity index (χ0n) is 20.1. The van der Waals surface area contributed by atoms with Gasteiger partial charge in [0.25, 0.3) is 0 Å². The number of carbonyl (C=O) groups excluding carboxylic acids is 2. The van der Waals surface area contributed by atoms with Crippen molar-refractivity contribution in [2.24, 2.45) is 0 Å². The maximum Gasteiger partial charge on any atom is 0.338 e. The average Bonchev–Trinajstić information content (AvgIpc) is 2.85. The first-order chi connectivity index (χ1) is 17.0. The molecule has 2 amide bonds. The van der Waals surface area contributed by atoms with Gasteiger partial charge in [-0.05, 0) is 43.7 Å². The van der Waals surface area contributed by atoms with Gasteiger partial charge >= 0.3 is 12.0 Å². The smallest absolute Gasteiger partial charge is 0.338 e. The summed E-state index contributed by atoms with van der Waals surface area (Å²) < 4.78 is 25.1. The lowest BCUT2D eigenvalue weighted by Crippen LogP contribution is -2.52. The second kappa shape index (κ2) is 11.2. The molecule has 0 unspecified atom stereocenters. The molecular weight excluding hydrogens is 451 g/mol. The number of anilines is 1. The molecule has 4 rings (SSSR count). The SMILES string of the molecule is CCOC(=O)C1=C(CN2CCN(c3ccccc3F)CC2)NC(=O)N[C@@H]1c1ccc(OCC)cc1. The van der Waals surface area contributed by atoms with Crippen LogP contribution in [-0.2, 0) is 9.53 Å². The highest BCUT2D eigenvalue weighted by molar-refractivity contribution is 5.95. The number of rotatable bonds is 8. The standard InChI is InChI=1S/C26H31FN4O4/c1-3-34-19-11-9-18(10-12-19)24-23(25(32)35-4-2)21(28-26(33)29-24)17-30-13-15-31(16-14-30)22-8-6-5-7-20(22)27/h5-12,24H,3-4,13-17H2,1-2H3,(H2,28,29,33)/t24-/m1/s1. The third kappa shape index (κ3) is 5.74. The van der Waals surface area contributed by atoms with E-state index in [1.54, 1.807) is 19.1 Å². The van der Waals surface area contributed by atoms with E-state index in [4.69, 9.17) is 9.47 Å². The molecule has 1 atom stereocenters. The molecule has 1 saturated heterocycles. The number of amides is 2. The van der Waals surface area contributed by atoms with Crippen LogP contribution in [0.5, 0.6) is 5.75 Å². The molecule has 2 aliphatic heterocycles. The summed E-state index contributed by atoms with van der Waals surface area (Å²) in [5, 5.41) is 5.68. The molecule has 0 aromatic heterocycles. The lowest BCUT2D eigenvalue weighted by Gasteiger charge is -2.38. The Hall–Kier alpha value is -3.59. The minimum atomic E-state index is -0.645. The van der Waals surface area contributed by atoms with Gasteiger partial charge in [-0.3, -0.25) is 4.90 Å². The number of piperazine rings is 1. The van der Waals surface area contributed by atoms with Gasteiger partial charge in [0, 0.05) is 38.4 Å². The second-order valence-electron chi connectivity index (χ2n) is 8.36. The number of ether oxygens (including phenoxy) is 2. The summed E-state index contributed by atoms with van der Waals surface area (Å²) in [6.45, 7) is 7.39. The van der Waals surface area contributed by atoms with Crippen LogP contribution in [0.3, 0.4) is 0 Å². The number of nitrogens with one attached hydrogen (secondary N) is 2. The molecule has 2 heterocycles. The van der Waals surface area contributed by atoms with E-state index in [1.807, 2.05) is 42.2 Å². The van der Waals surface area contributed by atoms with Crippen LogP contribution in [0.2, 0.25) is 0 Å². The molecule has 2 N–H and O–H groups in total. The fourth-order valence-electron chi connectivity index (χ4n) is 4.44.